The number of fused-ring (bicyclic) bond motifs is 1. The SMILES string of the molecule is COc1cc(Nc2nn3cc(-c4cccnc4)nc3s2)ccc1F. The molecule has 0 aliphatic carbocycles. The minimum Gasteiger partial charge on any atom is -0.494 e. The van der Waals surface area contributed by atoms with Gasteiger partial charge in [0, 0.05) is 29.7 Å². The lowest BCUT2D eigenvalue weighted by atomic mass is 10.2. The van der Waals surface area contributed by atoms with E-state index in [1.54, 1.807) is 29.0 Å². The molecule has 0 aliphatic heterocycles. The number of ether oxygens (including phenoxy) is 1. The number of nitrogens with zero attached hydrogens (tertiary/aromatic N) is 4. The van der Waals surface area contributed by atoms with Crippen LogP contribution in [0.3, 0.4) is 0 Å². The van der Waals surface area contributed by atoms with Crippen molar-refractivity contribution in [2.24, 2.45) is 0 Å². The fourth-order valence-electron chi connectivity index (χ4n) is 2.27. The first kappa shape index (κ1) is 14.6. The highest BCUT2D eigenvalue weighted by molar-refractivity contribution is 7.20. The first-order valence-corrected chi connectivity index (χ1v) is 7.92. The molecule has 0 spiro atoms. The minimum absolute atomic E-state index is 0.181. The van der Waals surface area contributed by atoms with Crippen LogP contribution in [0.1, 0.15) is 0 Å². The van der Waals surface area contributed by atoms with E-state index in [4.69, 9.17) is 4.74 Å². The van der Waals surface area contributed by atoms with Gasteiger partial charge in [-0.2, -0.15) is 0 Å². The molecule has 0 fully saturated rings. The summed E-state index contributed by atoms with van der Waals surface area (Å²) in [6.07, 6.45) is 5.33. The van der Waals surface area contributed by atoms with Gasteiger partial charge in [0.1, 0.15) is 0 Å². The number of imidazole rings is 1. The Balaban J connectivity index is 1.61. The van der Waals surface area contributed by atoms with E-state index in [-0.39, 0.29) is 5.75 Å². The summed E-state index contributed by atoms with van der Waals surface area (Å²) in [5.41, 5.74) is 2.45. The zero-order valence-electron chi connectivity index (χ0n) is 12.6. The molecule has 8 heteroatoms. The molecule has 0 atom stereocenters. The number of aromatic nitrogens is 4. The molecule has 3 aromatic heterocycles. The lowest BCUT2D eigenvalue weighted by molar-refractivity contribution is 0.387. The third-order valence-corrected chi connectivity index (χ3v) is 4.24. The van der Waals surface area contributed by atoms with Crippen molar-refractivity contribution in [1.82, 2.24) is 19.6 Å². The average Bonchev–Trinajstić information content (AvgIpc) is 3.16. The summed E-state index contributed by atoms with van der Waals surface area (Å²) >= 11 is 1.40. The van der Waals surface area contributed by atoms with E-state index in [0.717, 1.165) is 16.2 Å². The van der Waals surface area contributed by atoms with Crippen LogP contribution in [0.4, 0.5) is 15.2 Å². The van der Waals surface area contributed by atoms with Crippen LogP contribution in [0.5, 0.6) is 5.75 Å². The molecular formula is C16H12FN5OS. The van der Waals surface area contributed by atoms with Gasteiger partial charge in [0.25, 0.3) is 0 Å². The van der Waals surface area contributed by atoms with Gasteiger partial charge in [-0.1, -0.05) is 11.3 Å². The fraction of sp³-hybridized carbons (Fsp3) is 0.0625. The summed E-state index contributed by atoms with van der Waals surface area (Å²) < 4.78 is 20.1. The molecule has 0 saturated heterocycles. The number of pyridine rings is 1. The molecule has 0 radical (unpaired) electrons. The Morgan fingerprint density at radius 2 is 2.21 bits per heavy atom. The van der Waals surface area contributed by atoms with Crippen LogP contribution in [0.15, 0.2) is 48.9 Å². The molecule has 6 nitrogen and oxygen atoms in total. The molecule has 0 unspecified atom stereocenters. The van der Waals surface area contributed by atoms with E-state index in [1.165, 1.54) is 24.5 Å². The predicted octanol–water partition coefficient (Wildman–Crippen LogP) is 3.74. The highest BCUT2D eigenvalue weighted by Crippen LogP contribution is 2.28. The third-order valence-electron chi connectivity index (χ3n) is 3.40. The maximum atomic E-state index is 13.4. The van der Waals surface area contributed by atoms with Crippen molar-refractivity contribution in [2.45, 2.75) is 0 Å². The lowest BCUT2D eigenvalue weighted by Crippen LogP contribution is -1.94. The summed E-state index contributed by atoms with van der Waals surface area (Å²) in [5, 5.41) is 8.22. The van der Waals surface area contributed by atoms with Crippen molar-refractivity contribution in [3.05, 3.63) is 54.7 Å². The second-order valence-corrected chi connectivity index (χ2v) is 5.93. The van der Waals surface area contributed by atoms with Gasteiger partial charge in [-0.25, -0.2) is 13.9 Å². The van der Waals surface area contributed by atoms with Crippen molar-refractivity contribution in [1.29, 1.82) is 0 Å². The van der Waals surface area contributed by atoms with E-state index in [9.17, 15) is 4.39 Å². The average molecular weight is 341 g/mol. The first-order valence-electron chi connectivity index (χ1n) is 7.10. The molecule has 0 aliphatic rings. The van der Waals surface area contributed by atoms with Crippen molar-refractivity contribution in [3.63, 3.8) is 0 Å². The highest BCUT2D eigenvalue weighted by atomic mass is 32.1. The van der Waals surface area contributed by atoms with Gasteiger partial charge in [-0.05, 0) is 24.3 Å². The van der Waals surface area contributed by atoms with Gasteiger partial charge in [-0.15, -0.1) is 5.10 Å². The van der Waals surface area contributed by atoms with E-state index in [1.807, 2.05) is 18.3 Å². The maximum absolute atomic E-state index is 13.4. The summed E-state index contributed by atoms with van der Waals surface area (Å²) in [7, 11) is 1.43. The number of rotatable bonds is 4. The zero-order valence-corrected chi connectivity index (χ0v) is 13.4. The Morgan fingerprint density at radius 1 is 1.29 bits per heavy atom. The van der Waals surface area contributed by atoms with Gasteiger partial charge in [0.05, 0.1) is 19.0 Å². The van der Waals surface area contributed by atoms with Crippen LogP contribution in [-0.2, 0) is 0 Å². The molecule has 1 N–H and O–H groups in total. The largest absolute Gasteiger partial charge is 0.494 e. The zero-order chi connectivity index (χ0) is 16.5. The Hall–Kier alpha value is -3.00. The number of hydrogen-bond donors (Lipinski definition) is 1. The van der Waals surface area contributed by atoms with Gasteiger partial charge in [0.15, 0.2) is 11.6 Å². The van der Waals surface area contributed by atoms with Crippen LogP contribution in [-0.4, -0.2) is 26.7 Å². The number of benzene rings is 1. The molecule has 0 amide bonds. The van der Waals surface area contributed by atoms with Crippen LogP contribution >= 0.6 is 11.3 Å². The number of methoxy groups -OCH3 is 1. The van der Waals surface area contributed by atoms with E-state index >= 15 is 0 Å². The second kappa shape index (κ2) is 5.89. The number of anilines is 2. The summed E-state index contributed by atoms with van der Waals surface area (Å²) in [6.45, 7) is 0. The molecule has 0 saturated carbocycles. The third kappa shape index (κ3) is 2.67. The number of nitrogens with one attached hydrogen (secondary N) is 1. The van der Waals surface area contributed by atoms with Gasteiger partial charge in [-0.3, -0.25) is 4.98 Å². The number of hydrogen-bond acceptors (Lipinski definition) is 6. The second-order valence-electron chi connectivity index (χ2n) is 4.98. The molecule has 3 heterocycles. The molecule has 0 bridgehead atoms. The predicted molar refractivity (Wildman–Crippen MR) is 90.3 cm³/mol. The van der Waals surface area contributed by atoms with Crippen molar-refractivity contribution >= 4 is 27.1 Å². The molecule has 24 heavy (non-hydrogen) atoms. The number of halogens is 1. The molecular weight excluding hydrogens is 329 g/mol. The van der Waals surface area contributed by atoms with E-state index in [2.05, 4.69) is 20.4 Å². The van der Waals surface area contributed by atoms with E-state index in [0.29, 0.717) is 10.8 Å². The Kier molecular flexibility index (Phi) is 3.58. The molecule has 120 valence electrons. The van der Waals surface area contributed by atoms with Gasteiger partial charge in [0.2, 0.25) is 10.1 Å². The van der Waals surface area contributed by atoms with Crippen molar-refractivity contribution in [3.8, 4) is 17.0 Å². The van der Waals surface area contributed by atoms with E-state index < -0.39 is 5.82 Å². The summed E-state index contributed by atoms with van der Waals surface area (Å²) in [6, 6.07) is 8.37. The van der Waals surface area contributed by atoms with Crippen LogP contribution in [0.2, 0.25) is 0 Å². The van der Waals surface area contributed by atoms with Crippen molar-refractivity contribution < 1.29 is 9.13 Å². The summed E-state index contributed by atoms with van der Waals surface area (Å²) in [5.74, 6) is -0.224. The van der Waals surface area contributed by atoms with Crippen LogP contribution < -0.4 is 10.1 Å². The Morgan fingerprint density at radius 3 is 2.96 bits per heavy atom. The Bertz CT molecular complexity index is 967. The monoisotopic (exact) mass is 341 g/mol. The van der Waals surface area contributed by atoms with Gasteiger partial charge < -0.3 is 10.1 Å². The lowest BCUT2D eigenvalue weighted by Gasteiger charge is -2.05. The standard InChI is InChI=1S/C16H12FN5OS/c1-23-14-7-11(4-5-12(14)17)19-15-21-22-9-13(20-16(22)24-15)10-3-2-6-18-8-10/h2-9H,1H3,(H,19,21). The Labute approximate surface area is 140 Å². The quantitative estimate of drug-likeness (QED) is 0.612. The minimum atomic E-state index is -0.405. The van der Waals surface area contributed by atoms with Gasteiger partial charge >= 0.3 is 0 Å². The summed E-state index contributed by atoms with van der Waals surface area (Å²) in [4.78, 5) is 9.39. The van der Waals surface area contributed by atoms with Crippen LogP contribution in [0.25, 0.3) is 16.2 Å². The topological polar surface area (TPSA) is 64.3 Å². The molecule has 1 aromatic carbocycles. The first-order chi connectivity index (χ1) is 11.7. The normalized spacial score (nSPS) is 10.9. The smallest absolute Gasteiger partial charge is 0.214 e. The maximum Gasteiger partial charge on any atom is 0.214 e. The molecule has 4 rings (SSSR count). The van der Waals surface area contributed by atoms with Crippen molar-refractivity contribution in [2.75, 3.05) is 12.4 Å². The van der Waals surface area contributed by atoms with Crippen LogP contribution in [0, 0.1) is 5.82 Å². The fourth-order valence-corrected chi connectivity index (χ4v) is 3.07. The highest BCUT2D eigenvalue weighted by Gasteiger charge is 2.11. The molecule has 4 aromatic rings.